The maximum absolute atomic E-state index is 11.0. The topological polar surface area (TPSA) is 89.3 Å². The summed E-state index contributed by atoms with van der Waals surface area (Å²) in [6, 6.07) is 4.93. The molecule has 0 aromatic carbocycles. The zero-order valence-corrected chi connectivity index (χ0v) is 12.3. The summed E-state index contributed by atoms with van der Waals surface area (Å²) in [5.41, 5.74) is 0.0236. The molecule has 3 rings (SSSR count). The minimum absolute atomic E-state index is 0.0178. The van der Waals surface area contributed by atoms with Gasteiger partial charge in [-0.2, -0.15) is 0 Å². The van der Waals surface area contributed by atoms with Gasteiger partial charge in [0.2, 0.25) is 0 Å². The number of pyridine rings is 1. The van der Waals surface area contributed by atoms with Crippen molar-refractivity contribution in [2.24, 2.45) is 0 Å². The van der Waals surface area contributed by atoms with Gasteiger partial charge < -0.3 is 19.7 Å². The van der Waals surface area contributed by atoms with E-state index in [1.165, 1.54) is 6.07 Å². The van der Waals surface area contributed by atoms with Gasteiger partial charge in [-0.05, 0) is 25.5 Å². The van der Waals surface area contributed by atoms with Crippen LogP contribution in [0.3, 0.4) is 0 Å². The van der Waals surface area contributed by atoms with E-state index in [-0.39, 0.29) is 17.8 Å². The first-order chi connectivity index (χ1) is 10.7. The summed E-state index contributed by atoms with van der Waals surface area (Å²) in [5.74, 6) is 0.381. The molecule has 7 heteroatoms. The van der Waals surface area contributed by atoms with Crippen molar-refractivity contribution in [2.45, 2.75) is 32.0 Å². The molecule has 2 aromatic heterocycles. The van der Waals surface area contributed by atoms with Crippen LogP contribution in [-0.2, 0) is 11.3 Å². The molecule has 0 aliphatic carbocycles. The molecule has 1 fully saturated rings. The molecule has 22 heavy (non-hydrogen) atoms. The molecule has 7 nitrogen and oxygen atoms in total. The minimum atomic E-state index is -1.04. The van der Waals surface area contributed by atoms with E-state index in [1.807, 2.05) is 10.8 Å². The van der Waals surface area contributed by atoms with E-state index in [2.05, 4.69) is 22.2 Å². The molecule has 0 radical (unpaired) electrons. The van der Waals surface area contributed by atoms with E-state index in [0.29, 0.717) is 12.4 Å². The summed E-state index contributed by atoms with van der Waals surface area (Å²) < 4.78 is 7.86. The van der Waals surface area contributed by atoms with E-state index in [9.17, 15) is 4.79 Å². The number of hydrogen-bond acceptors (Lipinski definition) is 5. The Morgan fingerprint density at radius 1 is 1.55 bits per heavy atom. The van der Waals surface area contributed by atoms with Gasteiger partial charge >= 0.3 is 5.97 Å². The second-order valence-corrected chi connectivity index (χ2v) is 5.12. The van der Waals surface area contributed by atoms with Crippen LogP contribution in [0.15, 0.2) is 30.6 Å². The Balaban J connectivity index is 1.79. The van der Waals surface area contributed by atoms with Gasteiger partial charge in [0.15, 0.2) is 5.69 Å². The maximum atomic E-state index is 11.0. The van der Waals surface area contributed by atoms with Crippen LogP contribution < -0.4 is 5.32 Å². The standard InChI is InChI=1S/C15H18N4O3/c1-2-19-8-7-16-14(19)13-10(6-9-22-13)17-12-5-3-4-11(18-12)15(20)21/h3-5,7-8,10,13H,2,6,9H2,1H3,(H,17,18)(H,20,21)/t10-,13-/m0/s1. The predicted molar refractivity (Wildman–Crippen MR) is 79.8 cm³/mol. The van der Waals surface area contributed by atoms with Crippen molar-refractivity contribution in [1.29, 1.82) is 0 Å². The van der Waals surface area contributed by atoms with Crippen molar-refractivity contribution in [3.05, 3.63) is 42.1 Å². The summed E-state index contributed by atoms with van der Waals surface area (Å²) >= 11 is 0. The van der Waals surface area contributed by atoms with Crippen LogP contribution in [0.5, 0.6) is 0 Å². The molecule has 0 saturated carbocycles. The van der Waals surface area contributed by atoms with Crippen LogP contribution in [0.4, 0.5) is 5.82 Å². The number of anilines is 1. The number of carbonyl (C=O) groups is 1. The van der Waals surface area contributed by atoms with Gasteiger partial charge in [0.1, 0.15) is 17.7 Å². The van der Waals surface area contributed by atoms with Crippen molar-refractivity contribution in [1.82, 2.24) is 14.5 Å². The number of carboxylic acid groups (broad SMARTS) is 1. The number of aromatic carboxylic acids is 1. The molecule has 0 bridgehead atoms. The van der Waals surface area contributed by atoms with Gasteiger partial charge in [0.25, 0.3) is 0 Å². The zero-order chi connectivity index (χ0) is 15.5. The molecular formula is C15H18N4O3. The smallest absolute Gasteiger partial charge is 0.354 e. The SMILES string of the molecule is CCn1ccnc1[C@H]1OCC[C@@H]1Nc1cccc(C(=O)O)n1. The normalized spacial score (nSPS) is 21.0. The van der Waals surface area contributed by atoms with Crippen LogP contribution in [0.1, 0.15) is 35.8 Å². The maximum Gasteiger partial charge on any atom is 0.354 e. The van der Waals surface area contributed by atoms with Crippen LogP contribution >= 0.6 is 0 Å². The second kappa shape index (κ2) is 6.15. The molecule has 1 aliphatic rings. The van der Waals surface area contributed by atoms with Crippen LogP contribution in [0.2, 0.25) is 0 Å². The number of aromatic nitrogens is 3. The van der Waals surface area contributed by atoms with Crippen molar-refractivity contribution in [3.8, 4) is 0 Å². The van der Waals surface area contributed by atoms with Gasteiger partial charge in [0.05, 0.1) is 6.04 Å². The lowest BCUT2D eigenvalue weighted by molar-refractivity contribution is 0.0690. The highest BCUT2D eigenvalue weighted by Crippen LogP contribution is 2.30. The molecular weight excluding hydrogens is 284 g/mol. The highest BCUT2D eigenvalue weighted by Gasteiger charge is 2.33. The van der Waals surface area contributed by atoms with E-state index in [1.54, 1.807) is 18.3 Å². The molecule has 0 amide bonds. The number of carboxylic acids is 1. The number of nitrogens with zero attached hydrogens (tertiary/aromatic N) is 3. The number of nitrogens with one attached hydrogen (secondary N) is 1. The fourth-order valence-corrected chi connectivity index (χ4v) is 2.66. The number of rotatable bonds is 5. The third-order valence-corrected chi connectivity index (χ3v) is 3.74. The first-order valence-corrected chi connectivity index (χ1v) is 7.28. The highest BCUT2D eigenvalue weighted by atomic mass is 16.5. The Hall–Kier alpha value is -2.41. The molecule has 2 N–H and O–H groups in total. The van der Waals surface area contributed by atoms with Crippen LogP contribution in [0.25, 0.3) is 0 Å². The van der Waals surface area contributed by atoms with Gasteiger partial charge in [0, 0.05) is 25.5 Å². The second-order valence-electron chi connectivity index (χ2n) is 5.12. The molecule has 1 aliphatic heterocycles. The monoisotopic (exact) mass is 302 g/mol. The van der Waals surface area contributed by atoms with Crippen molar-refractivity contribution >= 4 is 11.8 Å². The first-order valence-electron chi connectivity index (χ1n) is 7.28. The highest BCUT2D eigenvalue weighted by molar-refractivity contribution is 5.85. The van der Waals surface area contributed by atoms with E-state index >= 15 is 0 Å². The first kappa shape index (κ1) is 14.5. The number of hydrogen-bond donors (Lipinski definition) is 2. The number of ether oxygens (including phenoxy) is 1. The quantitative estimate of drug-likeness (QED) is 0.877. The summed E-state index contributed by atoms with van der Waals surface area (Å²) in [6.45, 7) is 3.52. The van der Waals surface area contributed by atoms with Crippen molar-refractivity contribution in [3.63, 3.8) is 0 Å². The summed E-state index contributed by atoms with van der Waals surface area (Å²) in [5, 5.41) is 12.3. The van der Waals surface area contributed by atoms with Crippen LogP contribution in [0, 0.1) is 0 Å². The zero-order valence-electron chi connectivity index (χ0n) is 12.3. The van der Waals surface area contributed by atoms with Gasteiger partial charge in [-0.15, -0.1) is 0 Å². The molecule has 2 atom stereocenters. The average molecular weight is 302 g/mol. The lowest BCUT2D eigenvalue weighted by Crippen LogP contribution is -2.26. The number of aryl methyl sites for hydroxylation is 1. The van der Waals surface area contributed by atoms with Gasteiger partial charge in [-0.1, -0.05) is 6.07 Å². The third kappa shape index (κ3) is 2.80. The Morgan fingerprint density at radius 3 is 3.18 bits per heavy atom. The Kier molecular flexibility index (Phi) is 4.06. The van der Waals surface area contributed by atoms with Crippen molar-refractivity contribution < 1.29 is 14.6 Å². The Labute approximate surface area is 128 Å². The lowest BCUT2D eigenvalue weighted by Gasteiger charge is -2.20. The van der Waals surface area contributed by atoms with Crippen molar-refractivity contribution in [2.75, 3.05) is 11.9 Å². The van der Waals surface area contributed by atoms with Crippen LogP contribution in [-0.4, -0.2) is 38.3 Å². The summed E-state index contributed by atoms with van der Waals surface area (Å²) in [6.07, 6.45) is 4.35. The molecule has 0 spiro atoms. The molecule has 3 heterocycles. The third-order valence-electron chi connectivity index (χ3n) is 3.74. The average Bonchev–Trinajstić information content (AvgIpc) is 3.15. The molecule has 116 valence electrons. The van der Waals surface area contributed by atoms with Gasteiger partial charge in [-0.3, -0.25) is 0 Å². The van der Waals surface area contributed by atoms with Gasteiger partial charge in [-0.25, -0.2) is 14.8 Å². The Bertz CT molecular complexity index is 670. The fourth-order valence-electron chi connectivity index (χ4n) is 2.66. The largest absolute Gasteiger partial charge is 0.477 e. The molecule has 1 saturated heterocycles. The number of imidazole rings is 1. The van der Waals surface area contributed by atoms with E-state index in [4.69, 9.17) is 9.84 Å². The van der Waals surface area contributed by atoms with E-state index < -0.39 is 5.97 Å². The lowest BCUT2D eigenvalue weighted by atomic mass is 10.1. The predicted octanol–water partition coefficient (Wildman–Crippen LogP) is 1.94. The Morgan fingerprint density at radius 2 is 2.41 bits per heavy atom. The summed E-state index contributed by atoms with van der Waals surface area (Å²) in [7, 11) is 0. The molecule has 0 unspecified atom stereocenters. The van der Waals surface area contributed by atoms with E-state index in [0.717, 1.165) is 18.8 Å². The summed E-state index contributed by atoms with van der Waals surface area (Å²) in [4.78, 5) is 19.5. The fraction of sp³-hybridized carbons (Fsp3) is 0.400. The molecule has 2 aromatic rings. The minimum Gasteiger partial charge on any atom is -0.477 e.